The molecule has 2 atom stereocenters. The lowest BCUT2D eigenvalue weighted by Crippen LogP contribution is -2.32. The van der Waals surface area contributed by atoms with Gasteiger partial charge >= 0.3 is 0 Å². The van der Waals surface area contributed by atoms with Crippen molar-refractivity contribution in [3.63, 3.8) is 0 Å². The van der Waals surface area contributed by atoms with Crippen LogP contribution in [0.4, 0.5) is 5.69 Å². The number of imidazole rings is 1. The number of nitrogens with zero attached hydrogens (tertiary/aromatic N) is 2. The van der Waals surface area contributed by atoms with Gasteiger partial charge in [0.2, 0.25) is 0 Å². The van der Waals surface area contributed by atoms with Crippen LogP contribution < -0.4 is 10.5 Å². The molecule has 1 saturated carbocycles. The number of nitrogens with two attached hydrogens (primary N) is 1. The van der Waals surface area contributed by atoms with E-state index in [0.717, 1.165) is 12.8 Å². The van der Waals surface area contributed by atoms with E-state index in [1.165, 1.54) is 12.8 Å². The number of anilines is 1. The van der Waals surface area contributed by atoms with E-state index in [4.69, 9.17) is 22.1 Å². The van der Waals surface area contributed by atoms with Gasteiger partial charge in [0.1, 0.15) is 11.9 Å². The number of benzene rings is 1. The van der Waals surface area contributed by atoms with Gasteiger partial charge in [0.15, 0.2) is 0 Å². The molecule has 1 aliphatic carbocycles. The van der Waals surface area contributed by atoms with Crippen molar-refractivity contribution in [2.24, 2.45) is 0 Å². The van der Waals surface area contributed by atoms with Crippen LogP contribution in [-0.2, 0) is 0 Å². The second-order valence-electron chi connectivity index (χ2n) is 5.20. The molecule has 2 unspecified atom stereocenters. The van der Waals surface area contributed by atoms with Gasteiger partial charge in [-0.15, -0.1) is 0 Å². The van der Waals surface area contributed by atoms with E-state index in [-0.39, 0.29) is 6.10 Å². The van der Waals surface area contributed by atoms with Crippen molar-refractivity contribution in [1.29, 1.82) is 0 Å². The van der Waals surface area contributed by atoms with Gasteiger partial charge in [-0.2, -0.15) is 0 Å². The molecule has 0 radical (unpaired) electrons. The maximum Gasteiger partial charge on any atom is 0.142 e. The van der Waals surface area contributed by atoms with Crippen LogP contribution in [0, 0.1) is 0 Å². The number of hydrogen-bond donors (Lipinski definition) is 1. The summed E-state index contributed by atoms with van der Waals surface area (Å²) >= 11 is 5.92. The third kappa shape index (κ3) is 2.75. The summed E-state index contributed by atoms with van der Waals surface area (Å²) in [5.74, 6) is 0.714. The average Bonchev–Trinajstić information content (AvgIpc) is 2.96. The molecule has 20 heavy (non-hydrogen) atoms. The van der Waals surface area contributed by atoms with Crippen LogP contribution in [0.2, 0.25) is 5.02 Å². The molecule has 1 aromatic carbocycles. The summed E-state index contributed by atoms with van der Waals surface area (Å²) in [6, 6.07) is 5.70. The molecule has 0 aliphatic heterocycles. The van der Waals surface area contributed by atoms with Crippen molar-refractivity contribution in [2.45, 2.75) is 37.8 Å². The second kappa shape index (κ2) is 5.75. The summed E-state index contributed by atoms with van der Waals surface area (Å²) < 4.78 is 8.28. The van der Waals surface area contributed by atoms with Crippen molar-refractivity contribution < 1.29 is 4.74 Å². The van der Waals surface area contributed by atoms with Crippen LogP contribution in [0.25, 0.3) is 0 Å². The summed E-state index contributed by atoms with van der Waals surface area (Å²) in [4.78, 5) is 4.13. The molecule has 5 heteroatoms. The first kappa shape index (κ1) is 13.3. The summed E-state index contributed by atoms with van der Waals surface area (Å²) in [5.41, 5.74) is 6.56. The van der Waals surface area contributed by atoms with Gasteiger partial charge < -0.3 is 15.0 Å². The monoisotopic (exact) mass is 291 g/mol. The lowest BCUT2D eigenvalue weighted by atomic mass is 9.92. The number of nitrogen functional groups attached to an aromatic ring is 1. The Balaban J connectivity index is 1.80. The Labute approximate surface area is 123 Å². The first-order chi connectivity index (χ1) is 9.74. The SMILES string of the molecule is Nc1cc(Cl)ccc1OC1CCCCC1n1ccnc1. The fourth-order valence-corrected chi connectivity index (χ4v) is 2.99. The largest absolute Gasteiger partial charge is 0.486 e. The summed E-state index contributed by atoms with van der Waals surface area (Å²) in [6.45, 7) is 0. The summed E-state index contributed by atoms with van der Waals surface area (Å²) in [7, 11) is 0. The number of hydrogen-bond acceptors (Lipinski definition) is 3. The molecular weight excluding hydrogens is 274 g/mol. The van der Waals surface area contributed by atoms with Crippen molar-refractivity contribution in [3.8, 4) is 5.75 Å². The molecule has 2 aromatic rings. The van der Waals surface area contributed by atoms with Gasteiger partial charge in [0.05, 0.1) is 18.1 Å². The standard InChI is InChI=1S/C15H18ClN3O/c16-11-5-6-14(12(17)9-11)20-15-4-2-1-3-13(15)19-8-7-18-10-19/h5-10,13,15H,1-4,17H2. The average molecular weight is 292 g/mol. The van der Waals surface area contributed by atoms with E-state index in [1.54, 1.807) is 6.07 Å². The van der Waals surface area contributed by atoms with Crippen LogP contribution in [-0.4, -0.2) is 15.7 Å². The molecular formula is C15H18ClN3O. The Kier molecular flexibility index (Phi) is 3.83. The normalized spacial score (nSPS) is 22.6. The highest BCUT2D eigenvalue weighted by atomic mass is 35.5. The predicted molar refractivity (Wildman–Crippen MR) is 80.0 cm³/mol. The minimum atomic E-state index is 0.126. The maximum absolute atomic E-state index is 6.15. The first-order valence-electron chi connectivity index (χ1n) is 6.93. The fraction of sp³-hybridized carbons (Fsp3) is 0.400. The number of aromatic nitrogens is 2. The second-order valence-corrected chi connectivity index (χ2v) is 5.64. The van der Waals surface area contributed by atoms with Crippen molar-refractivity contribution in [1.82, 2.24) is 9.55 Å². The Morgan fingerprint density at radius 3 is 2.90 bits per heavy atom. The lowest BCUT2D eigenvalue weighted by Gasteiger charge is -2.33. The Bertz CT molecular complexity index is 571. The Morgan fingerprint density at radius 2 is 2.15 bits per heavy atom. The highest BCUT2D eigenvalue weighted by molar-refractivity contribution is 6.30. The quantitative estimate of drug-likeness (QED) is 0.878. The molecule has 106 valence electrons. The van der Waals surface area contributed by atoms with Crippen molar-refractivity contribution >= 4 is 17.3 Å². The van der Waals surface area contributed by atoms with Crippen LogP contribution in [0.1, 0.15) is 31.7 Å². The molecule has 1 aromatic heterocycles. The van der Waals surface area contributed by atoms with E-state index in [2.05, 4.69) is 9.55 Å². The minimum absolute atomic E-state index is 0.126. The molecule has 0 saturated heterocycles. The number of rotatable bonds is 3. The molecule has 0 bridgehead atoms. The predicted octanol–water partition coefficient (Wildman–Crippen LogP) is 3.68. The molecule has 4 nitrogen and oxygen atoms in total. The third-order valence-electron chi connectivity index (χ3n) is 3.83. The topological polar surface area (TPSA) is 53.1 Å². The third-order valence-corrected chi connectivity index (χ3v) is 4.06. The maximum atomic E-state index is 6.15. The van der Waals surface area contributed by atoms with Crippen LogP contribution >= 0.6 is 11.6 Å². The molecule has 0 spiro atoms. The van der Waals surface area contributed by atoms with Crippen LogP contribution in [0.5, 0.6) is 5.75 Å². The van der Waals surface area contributed by atoms with E-state index < -0.39 is 0 Å². The van der Waals surface area contributed by atoms with Crippen LogP contribution in [0.15, 0.2) is 36.9 Å². The van der Waals surface area contributed by atoms with Gasteiger partial charge in [0, 0.05) is 17.4 Å². The zero-order chi connectivity index (χ0) is 13.9. The molecule has 3 rings (SSSR count). The van der Waals surface area contributed by atoms with Gasteiger partial charge in [-0.1, -0.05) is 18.0 Å². The van der Waals surface area contributed by atoms with E-state index in [1.807, 2.05) is 30.9 Å². The zero-order valence-electron chi connectivity index (χ0n) is 11.2. The summed E-state index contributed by atoms with van der Waals surface area (Å²) in [5, 5.41) is 0.629. The number of ether oxygens (including phenoxy) is 1. The van der Waals surface area contributed by atoms with E-state index in [9.17, 15) is 0 Å². The first-order valence-corrected chi connectivity index (χ1v) is 7.31. The van der Waals surface area contributed by atoms with Gasteiger partial charge in [-0.25, -0.2) is 4.98 Å². The Morgan fingerprint density at radius 1 is 1.30 bits per heavy atom. The molecule has 1 aliphatic rings. The van der Waals surface area contributed by atoms with Crippen molar-refractivity contribution in [3.05, 3.63) is 41.9 Å². The van der Waals surface area contributed by atoms with Gasteiger partial charge in [0.25, 0.3) is 0 Å². The number of halogens is 1. The van der Waals surface area contributed by atoms with E-state index in [0.29, 0.717) is 22.5 Å². The highest BCUT2D eigenvalue weighted by Crippen LogP contribution is 2.34. The van der Waals surface area contributed by atoms with Gasteiger partial charge in [-0.3, -0.25) is 0 Å². The van der Waals surface area contributed by atoms with Gasteiger partial charge in [-0.05, 0) is 37.5 Å². The summed E-state index contributed by atoms with van der Waals surface area (Å²) in [6.07, 6.45) is 10.3. The van der Waals surface area contributed by atoms with E-state index >= 15 is 0 Å². The Hall–Kier alpha value is -1.68. The van der Waals surface area contributed by atoms with Crippen molar-refractivity contribution in [2.75, 3.05) is 5.73 Å². The zero-order valence-corrected chi connectivity index (χ0v) is 12.0. The molecule has 1 heterocycles. The molecule has 0 amide bonds. The lowest BCUT2D eigenvalue weighted by molar-refractivity contribution is 0.0985. The minimum Gasteiger partial charge on any atom is -0.486 e. The van der Waals surface area contributed by atoms with Crippen LogP contribution in [0.3, 0.4) is 0 Å². The molecule has 2 N–H and O–H groups in total. The smallest absolute Gasteiger partial charge is 0.142 e. The highest BCUT2D eigenvalue weighted by Gasteiger charge is 2.28. The fourth-order valence-electron chi connectivity index (χ4n) is 2.81. The molecule has 1 fully saturated rings.